The van der Waals surface area contributed by atoms with E-state index < -0.39 is 5.97 Å². The maximum Gasteiger partial charge on any atom is 0.328 e. The molecule has 0 radical (unpaired) electrons. The quantitative estimate of drug-likeness (QED) is 0.633. The molecule has 1 saturated carbocycles. The lowest BCUT2D eigenvalue weighted by atomic mass is 10.2. The Morgan fingerprint density at radius 1 is 1.69 bits per heavy atom. The number of rotatable bonds is 5. The van der Waals surface area contributed by atoms with Crippen molar-refractivity contribution in [1.29, 1.82) is 0 Å². The molecule has 3 heteroatoms. The van der Waals surface area contributed by atoms with Crippen molar-refractivity contribution in [2.24, 2.45) is 5.92 Å². The number of aliphatic carboxylic acids is 1. The molecule has 0 aliphatic heterocycles. The molecule has 74 valence electrons. The summed E-state index contributed by atoms with van der Waals surface area (Å²) in [7, 11) is 0. The third-order valence-corrected chi connectivity index (χ3v) is 2.40. The first kappa shape index (κ1) is 10.3. The van der Waals surface area contributed by atoms with E-state index in [2.05, 4.69) is 12.2 Å². The van der Waals surface area contributed by atoms with E-state index in [1.54, 1.807) is 0 Å². The van der Waals surface area contributed by atoms with Crippen LogP contribution in [0.15, 0.2) is 11.6 Å². The molecule has 0 aromatic carbocycles. The highest BCUT2D eigenvalue weighted by atomic mass is 16.4. The van der Waals surface area contributed by atoms with Crippen molar-refractivity contribution in [3.8, 4) is 0 Å². The summed E-state index contributed by atoms with van der Waals surface area (Å²) in [5.74, 6) is -0.0454. The average Bonchev–Trinajstić information content (AvgIpc) is 2.80. The van der Waals surface area contributed by atoms with Crippen molar-refractivity contribution in [3.05, 3.63) is 11.6 Å². The van der Waals surface area contributed by atoms with Crippen LogP contribution in [0.1, 0.15) is 26.7 Å². The van der Waals surface area contributed by atoms with E-state index in [0.29, 0.717) is 12.6 Å². The second-order valence-corrected chi connectivity index (χ2v) is 3.84. The van der Waals surface area contributed by atoms with Gasteiger partial charge >= 0.3 is 5.97 Å². The molecule has 1 rings (SSSR count). The molecule has 0 saturated heterocycles. The van der Waals surface area contributed by atoms with Gasteiger partial charge in [0.05, 0.1) is 0 Å². The molecule has 13 heavy (non-hydrogen) atoms. The minimum absolute atomic E-state index is 0.525. The summed E-state index contributed by atoms with van der Waals surface area (Å²) in [6.07, 6.45) is 3.89. The van der Waals surface area contributed by atoms with Crippen LogP contribution in [0.5, 0.6) is 0 Å². The van der Waals surface area contributed by atoms with Gasteiger partial charge in [-0.2, -0.15) is 0 Å². The van der Waals surface area contributed by atoms with Crippen LogP contribution in [-0.4, -0.2) is 23.7 Å². The normalized spacial score (nSPS) is 20.0. The van der Waals surface area contributed by atoms with Gasteiger partial charge in [-0.1, -0.05) is 5.57 Å². The molecule has 1 aliphatic rings. The van der Waals surface area contributed by atoms with Crippen LogP contribution in [0, 0.1) is 5.92 Å². The Morgan fingerprint density at radius 3 is 2.77 bits per heavy atom. The van der Waals surface area contributed by atoms with E-state index >= 15 is 0 Å². The van der Waals surface area contributed by atoms with Gasteiger partial charge in [-0.15, -0.1) is 0 Å². The molecule has 0 aromatic rings. The summed E-state index contributed by atoms with van der Waals surface area (Å²) in [6.45, 7) is 4.68. The zero-order chi connectivity index (χ0) is 9.84. The molecule has 1 fully saturated rings. The van der Waals surface area contributed by atoms with Crippen molar-refractivity contribution >= 4 is 5.97 Å². The molecular weight excluding hydrogens is 166 g/mol. The largest absolute Gasteiger partial charge is 0.478 e. The summed E-state index contributed by atoms with van der Waals surface area (Å²) >= 11 is 0. The minimum Gasteiger partial charge on any atom is -0.478 e. The topological polar surface area (TPSA) is 49.3 Å². The zero-order valence-electron chi connectivity index (χ0n) is 8.21. The van der Waals surface area contributed by atoms with Crippen molar-refractivity contribution in [2.45, 2.75) is 32.7 Å². The van der Waals surface area contributed by atoms with Crippen LogP contribution in [0.4, 0.5) is 0 Å². The smallest absolute Gasteiger partial charge is 0.328 e. The zero-order valence-corrected chi connectivity index (χ0v) is 8.21. The monoisotopic (exact) mass is 183 g/mol. The molecule has 0 bridgehead atoms. The van der Waals surface area contributed by atoms with Gasteiger partial charge < -0.3 is 10.4 Å². The van der Waals surface area contributed by atoms with Gasteiger partial charge in [0.15, 0.2) is 0 Å². The van der Waals surface area contributed by atoms with Gasteiger partial charge in [-0.25, -0.2) is 4.79 Å². The van der Waals surface area contributed by atoms with Gasteiger partial charge in [0.25, 0.3) is 0 Å². The molecule has 0 amide bonds. The molecule has 2 N–H and O–H groups in total. The van der Waals surface area contributed by atoms with E-state index in [9.17, 15) is 4.79 Å². The number of hydrogen-bond donors (Lipinski definition) is 2. The number of hydrogen-bond acceptors (Lipinski definition) is 2. The maximum atomic E-state index is 10.3. The fourth-order valence-electron chi connectivity index (χ4n) is 1.35. The Balaban J connectivity index is 2.20. The van der Waals surface area contributed by atoms with E-state index in [1.165, 1.54) is 18.9 Å². The molecule has 0 aromatic heterocycles. The second-order valence-electron chi connectivity index (χ2n) is 3.84. The molecular formula is C10H17NO2. The van der Waals surface area contributed by atoms with Crippen LogP contribution < -0.4 is 5.32 Å². The van der Waals surface area contributed by atoms with E-state index in [-0.39, 0.29) is 0 Å². The van der Waals surface area contributed by atoms with Gasteiger partial charge in [0, 0.05) is 18.7 Å². The van der Waals surface area contributed by atoms with Crippen molar-refractivity contribution < 1.29 is 9.90 Å². The predicted molar refractivity (Wildman–Crippen MR) is 51.6 cm³/mol. The molecule has 1 aliphatic carbocycles. The predicted octanol–water partition coefficient (Wildman–Crippen LogP) is 1.41. The standard InChI is InChI=1S/C10H17NO2/c1-7(5-10(12)13)6-11-8(2)9-3-4-9/h5,8-9,11H,3-4,6H2,1-2H3,(H,12,13). The number of carboxylic acids is 1. The number of carbonyl (C=O) groups is 1. The molecule has 1 atom stereocenters. The third kappa shape index (κ3) is 4.08. The van der Waals surface area contributed by atoms with Gasteiger partial charge in [0.2, 0.25) is 0 Å². The highest BCUT2D eigenvalue weighted by molar-refractivity contribution is 5.80. The van der Waals surface area contributed by atoms with E-state index in [4.69, 9.17) is 5.11 Å². The molecule has 0 heterocycles. The van der Waals surface area contributed by atoms with Crippen LogP contribution in [0.3, 0.4) is 0 Å². The summed E-state index contributed by atoms with van der Waals surface area (Å²) < 4.78 is 0. The first-order valence-corrected chi connectivity index (χ1v) is 4.73. The van der Waals surface area contributed by atoms with Crippen molar-refractivity contribution in [3.63, 3.8) is 0 Å². The van der Waals surface area contributed by atoms with E-state index in [1.807, 2.05) is 6.92 Å². The lowest BCUT2D eigenvalue weighted by Gasteiger charge is -2.12. The van der Waals surface area contributed by atoms with Crippen LogP contribution in [-0.2, 0) is 4.79 Å². The minimum atomic E-state index is -0.863. The first-order valence-electron chi connectivity index (χ1n) is 4.73. The summed E-state index contributed by atoms with van der Waals surface area (Å²) in [5, 5.41) is 11.8. The van der Waals surface area contributed by atoms with Crippen molar-refractivity contribution in [2.75, 3.05) is 6.54 Å². The highest BCUT2D eigenvalue weighted by Crippen LogP contribution is 2.32. The van der Waals surface area contributed by atoms with Crippen LogP contribution >= 0.6 is 0 Å². The Hall–Kier alpha value is -0.830. The summed E-state index contributed by atoms with van der Waals surface area (Å²) in [5.41, 5.74) is 0.875. The number of carboxylic acid groups (broad SMARTS) is 1. The molecule has 0 spiro atoms. The van der Waals surface area contributed by atoms with Crippen LogP contribution in [0.2, 0.25) is 0 Å². The lowest BCUT2D eigenvalue weighted by Crippen LogP contribution is -2.29. The fraction of sp³-hybridized carbons (Fsp3) is 0.700. The molecule has 1 unspecified atom stereocenters. The number of nitrogens with one attached hydrogen (secondary N) is 1. The Morgan fingerprint density at radius 2 is 2.31 bits per heavy atom. The molecule has 3 nitrogen and oxygen atoms in total. The van der Waals surface area contributed by atoms with E-state index in [0.717, 1.165) is 11.5 Å². The fourth-order valence-corrected chi connectivity index (χ4v) is 1.35. The van der Waals surface area contributed by atoms with Gasteiger partial charge in [-0.3, -0.25) is 0 Å². The van der Waals surface area contributed by atoms with Crippen molar-refractivity contribution in [1.82, 2.24) is 5.32 Å². The average molecular weight is 183 g/mol. The van der Waals surface area contributed by atoms with Crippen LogP contribution in [0.25, 0.3) is 0 Å². The maximum absolute atomic E-state index is 10.3. The van der Waals surface area contributed by atoms with Gasteiger partial charge in [0.1, 0.15) is 0 Å². The Labute approximate surface area is 78.8 Å². The summed E-state index contributed by atoms with van der Waals surface area (Å²) in [4.78, 5) is 10.3. The lowest BCUT2D eigenvalue weighted by molar-refractivity contribution is -0.131. The third-order valence-electron chi connectivity index (χ3n) is 2.40. The summed E-state index contributed by atoms with van der Waals surface area (Å²) in [6, 6.07) is 0.525. The second kappa shape index (κ2) is 4.42. The van der Waals surface area contributed by atoms with Gasteiger partial charge in [-0.05, 0) is 32.6 Å². The first-order chi connectivity index (χ1) is 6.09. The SMILES string of the molecule is CC(=CC(=O)O)CNC(C)C1CC1. The Bertz CT molecular complexity index is 219. The highest BCUT2D eigenvalue weighted by Gasteiger charge is 2.27. The Kier molecular flexibility index (Phi) is 3.48.